The highest BCUT2D eigenvalue weighted by atomic mass is 16.2. The fourth-order valence-electron chi connectivity index (χ4n) is 2.40. The highest BCUT2D eigenvalue weighted by molar-refractivity contribution is 5.88. The van der Waals surface area contributed by atoms with Crippen molar-refractivity contribution in [3.8, 4) is 0 Å². The number of aryl methyl sites for hydroxylation is 1. The first kappa shape index (κ1) is 13.6. The molecule has 2 nitrogen and oxygen atoms in total. The maximum absolute atomic E-state index is 11.9. The molecular formula is C17H21NO. The van der Waals surface area contributed by atoms with E-state index in [9.17, 15) is 4.79 Å². The number of carbonyl (C=O) groups is 1. The van der Waals surface area contributed by atoms with Gasteiger partial charge in [0.05, 0.1) is 0 Å². The Hall–Kier alpha value is -1.83. The Labute approximate surface area is 115 Å². The van der Waals surface area contributed by atoms with E-state index < -0.39 is 0 Å². The molecule has 1 amide bonds. The van der Waals surface area contributed by atoms with E-state index in [1.54, 1.807) is 6.08 Å². The number of allylic oxidation sites excluding steroid dienone is 2. The third kappa shape index (κ3) is 3.34. The molecule has 0 heterocycles. The molecule has 1 aromatic carbocycles. The van der Waals surface area contributed by atoms with Gasteiger partial charge in [0, 0.05) is 19.2 Å². The first-order chi connectivity index (χ1) is 9.24. The fourth-order valence-corrected chi connectivity index (χ4v) is 2.40. The van der Waals surface area contributed by atoms with Crippen molar-refractivity contribution in [2.45, 2.75) is 26.7 Å². The Morgan fingerprint density at radius 2 is 1.95 bits per heavy atom. The normalized spacial score (nSPS) is 14.1. The summed E-state index contributed by atoms with van der Waals surface area (Å²) in [4.78, 5) is 13.7. The van der Waals surface area contributed by atoms with Gasteiger partial charge in [-0.1, -0.05) is 36.4 Å². The molecule has 0 unspecified atom stereocenters. The Morgan fingerprint density at radius 1 is 1.21 bits per heavy atom. The highest BCUT2D eigenvalue weighted by Crippen LogP contribution is 2.24. The largest absolute Gasteiger partial charge is 0.340 e. The first-order valence-corrected chi connectivity index (χ1v) is 7.00. The van der Waals surface area contributed by atoms with Crippen molar-refractivity contribution >= 4 is 12.0 Å². The molecule has 19 heavy (non-hydrogen) atoms. The number of hydrogen-bond acceptors (Lipinski definition) is 1. The molecule has 0 aliphatic heterocycles. The summed E-state index contributed by atoms with van der Waals surface area (Å²) in [7, 11) is 0. The summed E-state index contributed by atoms with van der Waals surface area (Å²) in [6, 6.07) is 8.45. The van der Waals surface area contributed by atoms with E-state index in [1.165, 1.54) is 16.7 Å². The third-order valence-corrected chi connectivity index (χ3v) is 3.59. The molecule has 0 atom stereocenters. The Balaban J connectivity index is 2.09. The molecule has 0 saturated heterocycles. The summed E-state index contributed by atoms with van der Waals surface area (Å²) in [5.41, 5.74) is 3.91. The van der Waals surface area contributed by atoms with Crippen molar-refractivity contribution in [3.05, 3.63) is 53.1 Å². The maximum Gasteiger partial charge on any atom is 0.246 e. The van der Waals surface area contributed by atoms with Crippen LogP contribution in [0.2, 0.25) is 0 Å². The van der Waals surface area contributed by atoms with Gasteiger partial charge in [-0.3, -0.25) is 4.79 Å². The van der Waals surface area contributed by atoms with E-state index in [4.69, 9.17) is 0 Å². The number of rotatable bonds is 4. The molecule has 1 aliphatic rings. The van der Waals surface area contributed by atoms with Crippen LogP contribution in [0.4, 0.5) is 0 Å². The number of carbonyl (C=O) groups excluding carboxylic acids is 1. The lowest BCUT2D eigenvalue weighted by Gasteiger charge is -2.17. The van der Waals surface area contributed by atoms with E-state index in [0.717, 1.165) is 25.9 Å². The van der Waals surface area contributed by atoms with E-state index in [2.05, 4.69) is 30.3 Å². The van der Waals surface area contributed by atoms with Gasteiger partial charge in [-0.25, -0.2) is 0 Å². The molecular weight excluding hydrogens is 234 g/mol. The molecule has 100 valence electrons. The van der Waals surface area contributed by atoms with E-state index >= 15 is 0 Å². The predicted octanol–water partition coefficient (Wildman–Crippen LogP) is 3.44. The van der Waals surface area contributed by atoms with Crippen LogP contribution in [-0.4, -0.2) is 23.9 Å². The van der Waals surface area contributed by atoms with Gasteiger partial charge in [-0.2, -0.15) is 0 Å². The summed E-state index contributed by atoms with van der Waals surface area (Å²) in [6.45, 7) is 5.54. The zero-order valence-electron chi connectivity index (χ0n) is 11.7. The Bertz CT molecular complexity index is 510. The molecule has 1 aliphatic carbocycles. The van der Waals surface area contributed by atoms with Crippen molar-refractivity contribution in [1.82, 2.24) is 4.90 Å². The van der Waals surface area contributed by atoms with Gasteiger partial charge in [0.1, 0.15) is 0 Å². The lowest BCUT2D eigenvalue weighted by atomic mass is 9.92. The second-order valence-electron chi connectivity index (χ2n) is 4.76. The molecule has 0 aromatic heterocycles. The second-order valence-corrected chi connectivity index (χ2v) is 4.76. The average molecular weight is 255 g/mol. The van der Waals surface area contributed by atoms with Crippen molar-refractivity contribution in [3.63, 3.8) is 0 Å². The van der Waals surface area contributed by atoms with Crippen LogP contribution in [-0.2, 0) is 11.2 Å². The van der Waals surface area contributed by atoms with Crippen molar-refractivity contribution < 1.29 is 4.79 Å². The van der Waals surface area contributed by atoms with Crippen molar-refractivity contribution in [2.24, 2.45) is 0 Å². The van der Waals surface area contributed by atoms with Gasteiger partial charge in [-0.15, -0.1) is 0 Å². The van der Waals surface area contributed by atoms with Crippen LogP contribution in [0, 0.1) is 0 Å². The minimum atomic E-state index is 0.102. The summed E-state index contributed by atoms with van der Waals surface area (Å²) in [5.74, 6) is 0.102. The van der Waals surface area contributed by atoms with E-state index in [1.807, 2.05) is 24.8 Å². The Morgan fingerprint density at radius 3 is 2.68 bits per heavy atom. The number of nitrogens with zero attached hydrogens (tertiary/aromatic N) is 1. The van der Waals surface area contributed by atoms with Crippen LogP contribution >= 0.6 is 0 Å². The fraction of sp³-hybridized carbons (Fsp3) is 0.353. The monoisotopic (exact) mass is 255 g/mol. The number of benzene rings is 1. The highest BCUT2D eigenvalue weighted by Gasteiger charge is 2.09. The molecule has 0 fully saturated rings. The van der Waals surface area contributed by atoms with Gasteiger partial charge in [0.15, 0.2) is 0 Å². The molecule has 0 radical (unpaired) electrons. The summed E-state index contributed by atoms with van der Waals surface area (Å²) < 4.78 is 0. The number of hydrogen-bond donors (Lipinski definition) is 0. The zero-order chi connectivity index (χ0) is 13.7. The Kier molecular flexibility index (Phi) is 4.56. The molecule has 0 N–H and O–H groups in total. The second kappa shape index (κ2) is 6.37. The number of likely N-dealkylation sites (N-methyl/N-ethyl adjacent to an activating group) is 1. The molecule has 0 saturated carbocycles. The topological polar surface area (TPSA) is 20.3 Å². The molecule has 2 heteroatoms. The van der Waals surface area contributed by atoms with Gasteiger partial charge < -0.3 is 4.90 Å². The molecule has 2 rings (SSSR count). The van der Waals surface area contributed by atoms with Crippen molar-refractivity contribution in [2.75, 3.05) is 13.1 Å². The maximum atomic E-state index is 11.9. The first-order valence-electron chi connectivity index (χ1n) is 7.00. The predicted molar refractivity (Wildman–Crippen MR) is 79.8 cm³/mol. The smallest absolute Gasteiger partial charge is 0.246 e. The molecule has 0 spiro atoms. The van der Waals surface area contributed by atoms with Crippen LogP contribution in [0.5, 0.6) is 0 Å². The quantitative estimate of drug-likeness (QED) is 0.755. The number of fused-ring (bicyclic) bond motifs is 1. The van der Waals surface area contributed by atoms with Gasteiger partial charge in [0.25, 0.3) is 0 Å². The van der Waals surface area contributed by atoms with Crippen molar-refractivity contribution in [1.29, 1.82) is 0 Å². The standard InChI is InChI=1S/C17H21NO/c1-3-18(4-2)17(19)12-10-14-9-11-15-7-5-6-8-16(15)13-14/h5-8,10,12-13H,3-4,9,11H2,1-2H3/b12-10+. The average Bonchev–Trinajstić information content (AvgIpc) is 2.46. The lowest BCUT2D eigenvalue weighted by molar-refractivity contribution is -0.125. The number of amides is 1. The summed E-state index contributed by atoms with van der Waals surface area (Å²) >= 11 is 0. The van der Waals surface area contributed by atoms with Crippen LogP contribution in [0.3, 0.4) is 0 Å². The molecule has 0 bridgehead atoms. The summed E-state index contributed by atoms with van der Waals surface area (Å²) in [5, 5.41) is 0. The van der Waals surface area contributed by atoms with Crippen LogP contribution < -0.4 is 0 Å². The van der Waals surface area contributed by atoms with E-state index in [-0.39, 0.29) is 5.91 Å². The SMILES string of the molecule is CCN(CC)C(=O)/C=C/C1=Cc2ccccc2CC1. The van der Waals surface area contributed by atoms with Gasteiger partial charge in [0.2, 0.25) is 5.91 Å². The van der Waals surface area contributed by atoms with Gasteiger partial charge in [-0.05, 0) is 43.4 Å². The zero-order valence-corrected chi connectivity index (χ0v) is 11.7. The minimum Gasteiger partial charge on any atom is -0.340 e. The van der Waals surface area contributed by atoms with Crippen LogP contribution in [0.15, 0.2) is 42.0 Å². The molecule has 1 aromatic rings. The van der Waals surface area contributed by atoms with Crippen LogP contribution in [0.1, 0.15) is 31.4 Å². The van der Waals surface area contributed by atoms with Gasteiger partial charge >= 0.3 is 0 Å². The third-order valence-electron chi connectivity index (χ3n) is 3.59. The summed E-state index contributed by atoms with van der Waals surface area (Å²) in [6.07, 6.45) is 7.93. The van der Waals surface area contributed by atoms with E-state index in [0.29, 0.717) is 0 Å². The van der Waals surface area contributed by atoms with Crippen LogP contribution in [0.25, 0.3) is 6.08 Å². The lowest BCUT2D eigenvalue weighted by Crippen LogP contribution is -2.28. The minimum absolute atomic E-state index is 0.102.